The van der Waals surface area contributed by atoms with Crippen LogP contribution >= 0.6 is 15.9 Å². The number of aromatic carboxylic acids is 1. The number of carbonyl (C=O) groups excluding carboxylic acids is 1. The number of ether oxygens (including phenoxy) is 1. The van der Waals surface area contributed by atoms with E-state index in [1.807, 2.05) is 0 Å². The van der Waals surface area contributed by atoms with Crippen LogP contribution in [-0.2, 0) is 4.74 Å². The van der Waals surface area contributed by atoms with Crippen LogP contribution in [0.2, 0.25) is 0 Å². The molecule has 1 aromatic rings. The lowest BCUT2D eigenvalue weighted by Crippen LogP contribution is -2.37. The molecule has 0 radical (unpaired) electrons. The predicted octanol–water partition coefficient (Wildman–Crippen LogP) is 2.84. The van der Waals surface area contributed by atoms with Crippen LogP contribution in [0.5, 0.6) is 0 Å². The number of carboxylic acid groups (broad SMARTS) is 1. The molecule has 3 N–H and O–H groups in total. The first-order chi connectivity index (χ1) is 9.99. The first-order valence-corrected chi connectivity index (χ1v) is 7.42. The second kappa shape index (κ2) is 6.91. The Hall–Kier alpha value is -1.60. The molecule has 1 aliphatic carbocycles. The van der Waals surface area contributed by atoms with Crippen LogP contribution in [-0.4, -0.2) is 36.4 Å². The molecule has 0 aromatic heterocycles. The lowest BCUT2D eigenvalue weighted by Gasteiger charge is -2.15. The Bertz CT molecular complexity index is 550. The Balaban J connectivity index is 1.98. The molecule has 2 atom stereocenters. The molecule has 114 valence electrons. The zero-order valence-electron chi connectivity index (χ0n) is 11.6. The number of halogens is 1. The van der Waals surface area contributed by atoms with Crippen LogP contribution in [0.3, 0.4) is 0 Å². The highest BCUT2D eigenvalue weighted by atomic mass is 79.9. The number of urea groups is 1. The second-order valence-electron chi connectivity index (χ2n) is 4.96. The van der Waals surface area contributed by atoms with Crippen molar-refractivity contribution in [1.29, 1.82) is 0 Å². The molecule has 0 saturated heterocycles. The Kier molecular flexibility index (Phi) is 5.19. The van der Waals surface area contributed by atoms with Gasteiger partial charge in [-0.15, -0.1) is 0 Å². The van der Waals surface area contributed by atoms with E-state index in [0.717, 1.165) is 19.3 Å². The van der Waals surface area contributed by atoms with Gasteiger partial charge in [-0.05, 0) is 37.5 Å². The van der Waals surface area contributed by atoms with Crippen LogP contribution in [0.1, 0.15) is 29.6 Å². The highest BCUT2D eigenvalue weighted by Gasteiger charge is 2.25. The zero-order valence-corrected chi connectivity index (χ0v) is 13.1. The summed E-state index contributed by atoms with van der Waals surface area (Å²) in [5, 5.41) is 14.6. The van der Waals surface area contributed by atoms with Crippen molar-refractivity contribution in [2.45, 2.75) is 31.4 Å². The number of methoxy groups -OCH3 is 1. The van der Waals surface area contributed by atoms with Crippen LogP contribution in [0, 0.1) is 0 Å². The number of benzene rings is 1. The van der Waals surface area contributed by atoms with Gasteiger partial charge < -0.3 is 20.5 Å². The minimum absolute atomic E-state index is 0.0423. The number of carbonyl (C=O) groups is 2. The summed E-state index contributed by atoms with van der Waals surface area (Å²) in [6.45, 7) is 0. The molecule has 2 amide bonds. The van der Waals surface area contributed by atoms with Crippen LogP contribution < -0.4 is 10.6 Å². The fourth-order valence-corrected chi connectivity index (χ4v) is 2.79. The molecule has 6 nitrogen and oxygen atoms in total. The molecule has 0 aliphatic heterocycles. The fourth-order valence-electron chi connectivity index (χ4n) is 2.43. The van der Waals surface area contributed by atoms with Gasteiger partial charge >= 0.3 is 12.0 Å². The number of hydrogen-bond acceptors (Lipinski definition) is 3. The highest BCUT2D eigenvalue weighted by molar-refractivity contribution is 9.10. The largest absolute Gasteiger partial charge is 0.478 e. The van der Waals surface area contributed by atoms with Gasteiger partial charge in [0.1, 0.15) is 0 Å². The van der Waals surface area contributed by atoms with Crippen molar-refractivity contribution in [3.8, 4) is 0 Å². The summed E-state index contributed by atoms with van der Waals surface area (Å²) >= 11 is 3.21. The predicted molar refractivity (Wildman–Crippen MR) is 81.7 cm³/mol. The molecule has 1 aromatic carbocycles. The summed E-state index contributed by atoms with van der Waals surface area (Å²) in [7, 11) is 1.66. The van der Waals surface area contributed by atoms with Crippen molar-refractivity contribution in [3.63, 3.8) is 0 Å². The fraction of sp³-hybridized carbons (Fsp3) is 0.429. The van der Waals surface area contributed by atoms with E-state index in [0.29, 0.717) is 4.47 Å². The van der Waals surface area contributed by atoms with E-state index in [4.69, 9.17) is 9.84 Å². The van der Waals surface area contributed by atoms with Crippen LogP contribution in [0.15, 0.2) is 22.7 Å². The standard InChI is InChI=1S/C14H17BrN2O4/c1-21-10-4-3-9(7-10)16-14(20)17-12-5-2-8(15)6-11(12)13(18)19/h2,5-6,9-10H,3-4,7H2,1H3,(H,18,19)(H2,16,17,20). The van der Waals surface area contributed by atoms with Gasteiger partial charge in [0.2, 0.25) is 0 Å². The van der Waals surface area contributed by atoms with E-state index < -0.39 is 12.0 Å². The number of rotatable bonds is 4. The number of amides is 2. The summed E-state index contributed by atoms with van der Waals surface area (Å²) in [4.78, 5) is 23.1. The Morgan fingerprint density at radius 2 is 2.14 bits per heavy atom. The average Bonchev–Trinajstić information content (AvgIpc) is 2.88. The molecule has 0 spiro atoms. The summed E-state index contributed by atoms with van der Waals surface area (Å²) in [6.07, 6.45) is 2.73. The average molecular weight is 357 g/mol. The topological polar surface area (TPSA) is 87.7 Å². The van der Waals surface area contributed by atoms with Crippen molar-refractivity contribution >= 4 is 33.6 Å². The summed E-state index contributed by atoms with van der Waals surface area (Å²) < 4.78 is 5.89. The van der Waals surface area contributed by atoms with Gasteiger partial charge in [-0.2, -0.15) is 0 Å². The van der Waals surface area contributed by atoms with Crippen molar-refractivity contribution in [1.82, 2.24) is 5.32 Å². The highest BCUT2D eigenvalue weighted by Crippen LogP contribution is 2.23. The van der Waals surface area contributed by atoms with E-state index in [1.54, 1.807) is 19.2 Å². The number of nitrogens with one attached hydrogen (secondary N) is 2. The van der Waals surface area contributed by atoms with Crippen molar-refractivity contribution < 1.29 is 19.4 Å². The van der Waals surface area contributed by atoms with Crippen LogP contribution in [0.4, 0.5) is 10.5 Å². The Morgan fingerprint density at radius 1 is 1.38 bits per heavy atom. The minimum Gasteiger partial charge on any atom is -0.478 e. The van der Waals surface area contributed by atoms with Gasteiger partial charge in [0.15, 0.2) is 0 Å². The molecular formula is C14H17BrN2O4. The summed E-state index contributed by atoms with van der Waals surface area (Å²) in [5.74, 6) is -1.09. The third-order valence-corrected chi connectivity index (χ3v) is 4.01. The molecule has 1 aliphatic rings. The van der Waals surface area contributed by atoms with Gasteiger partial charge in [-0.3, -0.25) is 0 Å². The lowest BCUT2D eigenvalue weighted by molar-refractivity contribution is 0.0698. The smallest absolute Gasteiger partial charge is 0.337 e. The SMILES string of the molecule is COC1CCC(NC(=O)Nc2ccc(Br)cc2C(=O)O)C1. The van der Waals surface area contributed by atoms with Gasteiger partial charge in [0.05, 0.1) is 17.4 Å². The molecule has 7 heteroatoms. The number of anilines is 1. The van der Waals surface area contributed by atoms with E-state index in [9.17, 15) is 9.59 Å². The maximum atomic E-state index is 12.0. The maximum Gasteiger partial charge on any atom is 0.337 e. The number of hydrogen-bond donors (Lipinski definition) is 3. The molecular weight excluding hydrogens is 340 g/mol. The van der Waals surface area contributed by atoms with Crippen LogP contribution in [0.25, 0.3) is 0 Å². The van der Waals surface area contributed by atoms with E-state index >= 15 is 0 Å². The summed E-state index contributed by atoms with van der Waals surface area (Å²) in [6, 6.07) is 4.34. The molecule has 1 saturated carbocycles. The molecule has 1 fully saturated rings. The molecule has 0 bridgehead atoms. The van der Waals surface area contributed by atoms with Crippen molar-refractivity contribution in [3.05, 3.63) is 28.2 Å². The molecule has 2 unspecified atom stereocenters. The van der Waals surface area contributed by atoms with Crippen molar-refractivity contribution in [2.75, 3.05) is 12.4 Å². The maximum absolute atomic E-state index is 12.0. The van der Waals surface area contributed by atoms with Gasteiger partial charge in [-0.1, -0.05) is 15.9 Å². The molecule has 2 rings (SSSR count). The lowest BCUT2D eigenvalue weighted by atomic mass is 10.2. The Morgan fingerprint density at radius 3 is 2.76 bits per heavy atom. The van der Waals surface area contributed by atoms with E-state index in [2.05, 4.69) is 26.6 Å². The first-order valence-electron chi connectivity index (χ1n) is 6.62. The third kappa shape index (κ3) is 4.18. The number of carboxylic acids is 1. The quantitative estimate of drug-likeness (QED) is 0.773. The summed E-state index contributed by atoms with van der Waals surface area (Å²) in [5.41, 5.74) is 0.310. The van der Waals surface area contributed by atoms with Gasteiger partial charge in [0, 0.05) is 17.6 Å². The molecule has 21 heavy (non-hydrogen) atoms. The molecule has 0 heterocycles. The second-order valence-corrected chi connectivity index (χ2v) is 5.88. The van der Waals surface area contributed by atoms with E-state index in [1.165, 1.54) is 6.07 Å². The monoisotopic (exact) mass is 356 g/mol. The van der Waals surface area contributed by atoms with E-state index in [-0.39, 0.29) is 23.4 Å². The minimum atomic E-state index is -1.09. The third-order valence-electron chi connectivity index (χ3n) is 3.51. The van der Waals surface area contributed by atoms with Crippen molar-refractivity contribution in [2.24, 2.45) is 0 Å². The Labute approximate surface area is 131 Å². The first kappa shape index (κ1) is 15.8. The van der Waals surface area contributed by atoms with Gasteiger partial charge in [-0.25, -0.2) is 9.59 Å². The zero-order chi connectivity index (χ0) is 15.4. The normalized spacial score (nSPS) is 21.0. The van der Waals surface area contributed by atoms with Gasteiger partial charge in [0.25, 0.3) is 0 Å².